The Kier molecular flexibility index (Phi) is 6.82. The standard InChI is InChI=1S/C15H22N2O2.ClH/c1-3-19-14-8-6-12(7-9-14)15(18)17-10-4-5-13(11-17)16-2;/h6-9,13,16H,3-5,10-11H2,1-2H3;1H. The minimum Gasteiger partial charge on any atom is -0.494 e. The van der Waals surface area contributed by atoms with E-state index in [1.165, 1.54) is 0 Å². The molecule has 112 valence electrons. The molecule has 1 aromatic rings. The molecule has 4 nitrogen and oxygen atoms in total. The largest absolute Gasteiger partial charge is 0.494 e. The average Bonchev–Trinajstić information content (AvgIpc) is 2.48. The maximum atomic E-state index is 12.4. The molecule has 1 saturated heterocycles. The Bertz CT molecular complexity index is 422. The van der Waals surface area contributed by atoms with Gasteiger partial charge in [-0.05, 0) is 51.1 Å². The predicted octanol–water partition coefficient (Wildman–Crippen LogP) is 2.33. The van der Waals surface area contributed by atoms with Crippen molar-refractivity contribution in [3.8, 4) is 5.75 Å². The summed E-state index contributed by atoms with van der Waals surface area (Å²) in [4.78, 5) is 14.3. The second-order valence-corrected chi connectivity index (χ2v) is 4.84. The lowest BCUT2D eigenvalue weighted by molar-refractivity contribution is 0.0698. The monoisotopic (exact) mass is 298 g/mol. The van der Waals surface area contributed by atoms with E-state index >= 15 is 0 Å². The van der Waals surface area contributed by atoms with Gasteiger partial charge in [0.1, 0.15) is 5.75 Å². The summed E-state index contributed by atoms with van der Waals surface area (Å²) < 4.78 is 5.39. The number of ether oxygens (including phenoxy) is 1. The Morgan fingerprint density at radius 3 is 2.70 bits per heavy atom. The van der Waals surface area contributed by atoms with Crippen molar-refractivity contribution in [3.63, 3.8) is 0 Å². The lowest BCUT2D eigenvalue weighted by Crippen LogP contribution is -2.46. The lowest BCUT2D eigenvalue weighted by atomic mass is 10.0. The molecule has 1 unspecified atom stereocenters. The van der Waals surface area contributed by atoms with Crippen LogP contribution in [0.3, 0.4) is 0 Å². The van der Waals surface area contributed by atoms with Gasteiger partial charge in [0, 0.05) is 24.7 Å². The van der Waals surface area contributed by atoms with Crippen LogP contribution in [0.1, 0.15) is 30.1 Å². The van der Waals surface area contributed by atoms with Gasteiger partial charge in [0.25, 0.3) is 5.91 Å². The molecule has 0 aliphatic carbocycles. The summed E-state index contributed by atoms with van der Waals surface area (Å²) >= 11 is 0. The highest BCUT2D eigenvalue weighted by Crippen LogP contribution is 2.16. The fraction of sp³-hybridized carbons (Fsp3) is 0.533. The molecule has 1 amide bonds. The van der Waals surface area contributed by atoms with Crippen LogP contribution in [0.4, 0.5) is 0 Å². The zero-order valence-corrected chi connectivity index (χ0v) is 12.9. The van der Waals surface area contributed by atoms with Crippen LogP contribution in [0.25, 0.3) is 0 Å². The number of hydrogen-bond acceptors (Lipinski definition) is 3. The number of amides is 1. The number of carbonyl (C=O) groups is 1. The Morgan fingerprint density at radius 1 is 1.40 bits per heavy atom. The number of rotatable bonds is 4. The number of likely N-dealkylation sites (N-methyl/N-ethyl adjacent to an activating group) is 1. The maximum absolute atomic E-state index is 12.4. The van der Waals surface area contributed by atoms with E-state index in [0.717, 1.165) is 37.2 Å². The van der Waals surface area contributed by atoms with Crippen molar-refractivity contribution in [2.75, 3.05) is 26.7 Å². The van der Waals surface area contributed by atoms with E-state index in [9.17, 15) is 4.79 Å². The van der Waals surface area contributed by atoms with Gasteiger partial charge in [-0.1, -0.05) is 0 Å². The van der Waals surface area contributed by atoms with Crippen molar-refractivity contribution in [1.29, 1.82) is 0 Å². The molecule has 0 saturated carbocycles. The number of nitrogens with zero attached hydrogens (tertiary/aromatic N) is 1. The smallest absolute Gasteiger partial charge is 0.253 e. The molecule has 1 fully saturated rings. The van der Waals surface area contributed by atoms with Crippen molar-refractivity contribution in [1.82, 2.24) is 10.2 Å². The van der Waals surface area contributed by atoms with Crippen molar-refractivity contribution in [3.05, 3.63) is 29.8 Å². The second kappa shape index (κ2) is 8.12. The van der Waals surface area contributed by atoms with Gasteiger partial charge in [0.2, 0.25) is 0 Å². The SMILES string of the molecule is CCOc1ccc(C(=O)N2CCCC(NC)C2)cc1.Cl. The molecule has 1 aliphatic rings. The lowest BCUT2D eigenvalue weighted by Gasteiger charge is -2.32. The normalized spacial score (nSPS) is 18.3. The molecule has 0 spiro atoms. The van der Waals surface area contributed by atoms with Crippen LogP contribution in [0.5, 0.6) is 5.75 Å². The van der Waals surface area contributed by atoms with Crippen LogP contribution in [0, 0.1) is 0 Å². The first kappa shape index (κ1) is 16.8. The zero-order valence-electron chi connectivity index (χ0n) is 12.1. The molecule has 1 N–H and O–H groups in total. The van der Waals surface area contributed by atoms with E-state index in [0.29, 0.717) is 12.6 Å². The van der Waals surface area contributed by atoms with Crippen molar-refractivity contribution in [2.45, 2.75) is 25.8 Å². The average molecular weight is 299 g/mol. The van der Waals surface area contributed by atoms with Crippen LogP contribution in [-0.4, -0.2) is 43.6 Å². The third-order valence-corrected chi connectivity index (χ3v) is 3.53. The van der Waals surface area contributed by atoms with E-state index in [1.807, 2.05) is 43.1 Å². The summed E-state index contributed by atoms with van der Waals surface area (Å²) in [6.07, 6.45) is 2.21. The highest BCUT2D eigenvalue weighted by molar-refractivity contribution is 5.94. The summed E-state index contributed by atoms with van der Waals surface area (Å²) in [6.45, 7) is 4.24. The number of halogens is 1. The van der Waals surface area contributed by atoms with Crippen LogP contribution >= 0.6 is 12.4 Å². The number of benzene rings is 1. The van der Waals surface area contributed by atoms with Gasteiger partial charge in [-0.2, -0.15) is 0 Å². The highest BCUT2D eigenvalue weighted by Gasteiger charge is 2.23. The fourth-order valence-electron chi connectivity index (χ4n) is 2.44. The van der Waals surface area contributed by atoms with Gasteiger partial charge < -0.3 is 15.0 Å². The van der Waals surface area contributed by atoms with E-state index in [1.54, 1.807) is 0 Å². The minimum absolute atomic E-state index is 0. The van der Waals surface area contributed by atoms with Gasteiger partial charge >= 0.3 is 0 Å². The first-order valence-electron chi connectivity index (χ1n) is 6.94. The van der Waals surface area contributed by atoms with Gasteiger partial charge in [-0.15, -0.1) is 12.4 Å². The molecular weight excluding hydrogens is 276 g/mol. The topological polar surface area (TPSA) is 41.6 Å². The second-order valence-electron chi connectivity index (χ2n) is 4.84. The van der Waals surface area contributed by atoms with Gasteiger partial charge in [-0.25, -0.2) is 0 Å². The molecule has 1 heterocycles. The quantitative estimate of drug-likeness (QED) is 0.927. The van der Waals surface area contributed by atoms with Gasteiger partial charge in [0.15, 0.2) is 0 Å². The molecule has 0 radical (unpaired) electrons. The van der Waals surface area contributed by atoms with Crippen LogP contribution in [0.2, 0.25) is 0 Å². The number of nitrogens with one attached hydrogen (secondary N) is 1. The Balaban J connectivity index is 0.00000200. The van der Waals surface area contributed by atoms with Crippen molar-refractivity contribution < 1.29 is 9.53 Å². The molecule has 1 aliphatic heterocycles. The molecule has 1 atom stereocenters. The number of carbonyl (C=O) groups excluding carboxylic acids is 1. The molecule has 1 aromatic carbocycles. The van der Waals surface area contributed by atoms with Crippen LogP contribution in [-0.2, 0) is 0 Å². The number of likely N-dealkylation sites (tertiary alicyclic amines) is 1. The molecule has 20 heavy (non-hydrogen) atoms. The highest BCUT2D eigenvalue weighted by atomic mass is 35.5. The Morgan fingerprint density at radius 2 is 2.10 bits per heavy atom. The summed E-state index contributed by atoms with van der Waals surface area (Å²) in [5.74, 6) is 0.925. The first-order chi connectivity index (χ1) is 9.24. The van der Waals surface area contributed by atoms with E-state index in [-0.39, 0.29) is 18.3 Å². The van der Waals surface area contributed by atoms with E-state index < -0.39 is 0 Å². The third kappa shape index (κ3) is 4.12. The molecular formula is C15H23ClN2O2. The number of piperidine rings is 1. The molecule has 0 bridgehead atoms. The van der Waals surface area contributed by atoms with Gasteiger partial charge in [0.05, 0.1) is 6.61 Å². The minimum atomic E-state index is 0. The third-order valence-electron chi connectivity index (χ3n) is 3.53. The fourth-order valence-corrected chi connectivity index (χ4v) is 2.44. The summed E-state index contributed by atoms with van der Waals surface area (Å²) in [5.41, 5.74) is 0.736. The Hall–Kier alpha value is -1.26. The summed E-state index contributed by atoms with van der Waals surface area (Å²) in [6, 6.07) is 7.82. The van der Waals surface area contributed by atoms with Crippen molar-refractivity contribution >= 4 is 18.3 Å². The molecule has 5 heteroatoms. The van der Waals surface area contributed by atoms with E-state index in [2.05, 4.69) is 5.32 Å². The van der Waals surface area contributed by atoms with Crippen LogP contribution in [0.15, 0.2) is 24.3 Å². The predicted molar refractivity (Wildman–Crippen MR) is 82.8 cm³/mol. The first-order valence-corrected chi connectivity index (χ1v) is 6.94. The molecule has 0 aromatic heterocycles. The summed E-state index contributed by atoms with van der Waals surface area (Å²) in [5, 5.41) is 3.25. The van der Waals surface area contributed by atoms with Crippen LogP contribution < -0.4 is 10.1 Å². The van der Waals surface area contributed by atoms with E-state index in [4.69, 9.17) is 4.74 Å². The molecule has 2 rings (SSSR count). The van der Waals surface area contributed by atoms with Gasteiger partial charge in [-0.3, -0.25) is 4.79 Å². The van der Waals surface area contributed by atoms with Crippen molar-refractivity contribution in [2.24, 2.45) is 0 Å². The summed E-state index contributed by atoms with van der Waals surface area (Å²) in [7, 11) is 1.95. The maximum Gasteiger partial charge on any atom is 0.253 e. The number of hydrogen-bond donors (Lipinski definition) is 1. The zero-order chi connectivity index (χ0) is 13.7. The Labute approximate surface area is 126 Å².